The average Bonchev–Trinajstić information content (AvgIpc) is 3.28. The number of furan rings is 1. The Labute approximate surface area is 144 Å². The summed E-state index contributed by atoms with van der Waals surface area (Å²) in [6, 6.07) is 6.13. The Kier molecular flexibility index (Phi) is 5.96. The van der Waals surface area contributed by atoms with Crippen LogP contribution in [0.15, 0.2) is 46.6 Å². The molecule has 1 atom stereocenters. The molecule has 3 rings (SSSR count). The second kappa shape index (κ2) is 8.38. The Morgan fingerprint density at radius 2 is 2.26 bits per heavy atom. The Balaban J connectivity index is 1.58. The van der Waals surface area contributed by atoms with Crippen molar-refractivity contribution in [3.63, 3.8) is 0 Å². The van der Waals surface area contributed by atoms with Gasteiger partial charge in [0, 0.05) is 47.7 Å². The summed E-state index contributed by atoms with van der Waals surface area (Å²) in [4.78, 5) is 15.6. The summed E-state index contributed by atoms with van der Waals surface area (Å²) in [5.41, 5.74) is 1.12. The maximum atomic E-state index is 12.1. The minimum Gasteiger partial charge on any atom is -0.472 e. The molecule has 0 spiro atoms. The number of hydrogen-bond acceptors (Lipinski definition) is 5. The van der Waals surface area contributed by atoms with Gasteiger partial charge in [-0.05, 0) is 23.6 Å². The van der Waals surface area contributed by atoms with Gasteiger partial charge in [0.1, 0.15) is 0 Å². The summed E-state index contributed by atoms with van der Waals surface area (Å²) in [7, 11) is 0. The number of thiophene rings is 1. The Morgan fingerprint density at radius 3 is 2.96 bits per heavy atom. The Bertz CT molecular complexity index is 617. The van der Waals surface area contributed by atoms with Crippen LogP contribution in [0, 0.1) is 0 Å². The fraction of sp³-hybridized carbons (Fsp3) is 0.353. The summed E-state index contributed by atoms with van der Waals surface area (Å²) >= 11 is 3.60. The van der Waals surface area contributed by atoms with E-state index in [2.05, 4.69) is 10.2 Å². The van der Waals surface area contributed by atoms with E-state index < -0.39 is 0 Å². The van der Waals surface area contributed by atoms with Gasteiger partial charge in [-0.1, -0.05) is 6.07 Å². The molecule has 1 unspecified atom stereocenters. The fourth-order valence-corrected chi connectivity index (χ4v) is 4.16. The van der Waals surface area contributed by atoms with Crippen molar-refractivity contribution in [1.82, 2.24) is 10.2 Å². The van der Waals surface area contributed by atoms with Crippen molar-refractivity contribution in [2.75, 3.05) is 31.1 Å². The molecular formula is C17H20N2O2S2. The number of nitrogens with one attached hydrogen (secondary N) is 1. The molecule has 6 heteroatoms. The lowest BCUT2D eigenvalue weighted by Gasteiger charge is -2.33. The molecular weight excluding hydrogens is 328 g/mol. The van der Waals surface area contributed by atoms with Crippen LogP contribution in [0.25, 0.3) is 6.08 Å². The van der Waals surface area contributed by atoms with Crippen LogP contribution in [-0.4, -0.2) is 41.9 Å². The number of carbonyl (C=O) groups excluding carboxylic acids is 1. The molecule has 0 aromatic carbocycles. The van der Waals surface area contributed by atoms with E-state index in [0.29, 0.717) is 6.54 Å². The lowest BCUT2D eigenvalue weighted by molar-refractivity contribution is -0.116. The van der Waals surface area contributed by atoms with Crippen LogP contribution in [0.3, 0.4) is 0 Å². The molecule has 1 fully saturated rings. The van der Waals surface area contributed by atoms with E-state index in [4.69, 9.17) is 4.42 Å². The third-order valence-electron chi connectivity index (χ3n) is 3.83. The quantitative estimate of drug-likeness (QED) is 0.814. The van der Waals surface area contributed by atoms with E-state index in [0.717, 1.165) is 35.0 Å². The van der Waals surface area contributed by atoms with Crippen molar-refractivity contribution in [2.24, 2.45) is 0 Å². The summed E-state index contributed by atoms with van der Waals surface area (Å²) in [5.74, 6) is 2.22. The van der Waals surface area contributed by atoms with Crippen molar-refractivity contribution >= 4 is 35.1 Å². The summed E-state index contributed by atoms with van der Waals surface area (Å²) in [5, 5.41) is 5.02. The molecule has 1 N–H and O–H groups in total. The Hall–Kier alpha value is -1.50. The molecule has 2 aromatic heterocycles. The van der Waals surface area contributed by atoms with E-state index >= 15 is 0 Å². The van der Waals surface area contributed by atoms with Crippen LogP contribution < -0.4 is 5.32 Å². The van der Waals surface area contributed by atoms with Gasteiger partial charge in [0.25, 0.3) is 0 Å². The molecule has 2 aromatic rings. The van der Waals surface area contributed by atoms with Crippen LogP contribution in [0.2, 0.25) is 0 Å². The molecule has 0 aliphatic carbocycles. The average molecular weight is 348 g/mol. The minimum atomic E-state index is -0.0571. The minimum absolute atomic E-state index is 0.0571. The monoisotopic (exact) mass is 348 g/mol. The Morgan fingerprint density at radius 1 is 1.39 bits per heavy atom. The zero-order valence-corrected chi connectivity index (χ0v) is 14.4. The molecule has 0 bridgehead atoms. The predicted octanol–water partition coefficient (Wildman–Crippen LogP) is 3.26. The SMILES string of the molecule is O=C(/C=C/c1cccs1)NCC(c1ccoc1)N1CCSCC1. The van der Waals surface area contributed by atoms with Crippen molar-refractivity contribution in [3.05, 3.63) is 52.6 Å². The van der Waals surface area contributed by atoms with Crippen LogP contribution in [-0.2, 0) is 4.79 Å². The smallest absolute Gasteiger partial charge is 0.244 e. The van der Waals surface area contributed by atoms with Gasteiger partial charge in [-0.3, -0.25) is 9.69 Å². The van der Waals surface area contributed by atoms with Gasteiger partial charge in [0.05, 0.1) is 18.6 Å². The number of rotatable bonds is 6. The largest absolute Gasteiger partial charge is 0.472 e. The highest BCUT2D eigenvalue weighted by molar-refractivity contribution is 7.99. The molecule has 1 aliphatic heterocycles. The fourth-order valence-electron chi connectivity index (χ4n) is 2.61. The number of nitrogens with zero attached hydrogens (tertiary/aromatic N) is 1. The third kappa shape index (κ3) is 4.73. The van der Waals surface area contributed by atoms with Gasteiger partial charge < -0.3 is 9.73 Å². The van der Waals surface area contributed by atoms with E-state index in [9.17, 15) is 4.79 Å². The van der Waals surface area contributed by atoms with Gasteiger partial charge in [-0.15, -0.1) is 11.3 Å². The molecule has 1 saturated heterocycles. The second-order valence-electron chi connectivity index (χ2n) is 5.31. The van der Waals surface area contributed by atoms with E-state index in [-0.39, 0.29) is 11.9 Å². The number of hydrogen-bond donors (Lipinski definition) is 1. The van der Waals surface area contributed by atoms with Crippen molar-refractivity contribution in [1.29, 1.82) is 0 Å². The molecule has 0 radical (unpaired) electrons. The lowest BCUT2D eigenvalue weighted by Crippen LogP contribution is -2.41. The van der Waals surface area contributed by atoms with Gasteiger partial charge in [0.2, 0.25) is 5.91 Å². The molecule has 1 amide bonds. The van der Waals surface area contributed by atoms with Crippen LogP contribution in [0.4, 0.5) is 0 Å². The van der Waals surface area contributed by atoms with Gasteiger partial charge in [-0.2, -0.15) is 11.8 Å². The molecule has 4 nitrogen and oxygen atoms in total. The molecule has 3 heterocycles. The zero-order chi connectivity index (χ0) is 15.9. The normalized spacial score (nSPS) is 17.4. The summed E-state index contributed by atoms with van der Waals surface area (Å²) in [6.45, 7) is 2.68. The maximum absolute atomic E-state index is 12.1. The van der Waals surface area contributed by atoms with Gasteiger partial charge in [0.15, 0.2) is 0 Å². The highest BCUT2D eigenvalue weighted by Crippen LogP contribution is 2.24. The molecule has 1 aliphatic rings. The summed E-state index contributed by atoms with van der Waals surface area (Å²) < 4.78 is 5.23. The highest BCUT2D eigenvalue weighted by atomic mass is 32.2. The van der Waals surface area contributed by atoms with E-state index in [1.54, 1.807) is 29.9 Å². The van der Waals surface area contributed by atoms with Crippen LogP contribution in [0.5, 0.6) is 0 Å². The number of carbonyl (C=O) groups is 1. The second-order valence-corrected chi connectivity index (χ2v) is 7.52. The maximum Gasteiger partial charge on any atom is 0.244 e. The van der Waals surface area contributed by atoms with E-state index in [1.165, 1.54) is 0 Å². The first-order valence-corrected chi connectivity index (χ1v) is 9.69. The van der Waals surface area contributed by atoms with Crippen molar-refractivity contribution in [2.45, 2.75) is 6.04 Å². The third-order valence-corrected chi connectivity index (χ3v) is 5.61. The molecule has 0 saturated carbocycles. The van der Waals surface area contributed by atoms with Gasteiger partial charge >= 0.3 is 0 Å². The molecule has 23 heavy (non-hydrogen) atoms. The van der Waals surface area contributed by atoms with Crippen molar-refractivity contribution < 1.29 is 9.21 Å². The van der Waals surface area contributed by atoms with Crippen LogP contribution in [0.1, 0.15) is 16.5 Å². The lowest BCUT2D eigenvalue weighted by atomic mass is 10.1. The number of amides is 1. The van der Waals surface area contributed by atoms with Crippen LogP contribution >= 0.6 is 23.1 Å². The zero-order valence-electron chi connectivity index (χ0n) is 12.8. The standard InChI is InChI=1S/C17H20N2O2S2/c20-17(4-3-15-2-1-9-23-15)18-12-16(14-5-8-21-13-14)19-6-10-22-11-7-19/h1-5,8-9,13,16H,6-7,10-12H2,(H,18,20)/b4-3+. The van der Waals surface area contributed by atoms with Gasteiger partial charge in [-0.25, -0.2) is 0 Å². The predicted molar refractivity (Wildman–Crippen MR) is 96.7 cm³/mol. The topological polar surface area (TPSA) is 45.5 Å². The first-order valence-electron chi connectivity index (χ1n) is 7.66. The van der Waals surface area contributed by atoms with E-state index in [1.807, 2.05) is 41.4 Å². The first kappa shape index (κ1) is 16.4. The molecule has 122 valence electrons. The number of thioether (sulfide) groups is 1. The summed E-state index contributed by atoms with van der Waals surface area (Å²) in [6.07, 6.45) is 6.92. The van der Waals surface area contributed by atoms with Crippen molar-refractivity contribution in [3.8, 4) is 0 Å². The first-order chi connectivity index (χ1) is 11.3. The highest BCUT2D eigenvalue weighted by Gasteiger charge is 2.23.